The van der Waals surface area contributed by atoms with Gasteiger partial charge in [-0.05, 0) is 24.3 Å². The molecule has 3 nitrogen and oxygen atoms in total. The van der Waals surface area contributed by atoms with E-state index in [1.54, 1.807) is 6.07 Å². The average Bonchev–Trinajstić information content (AvgIpc) is 2.51. The molecule has 7 heteroatoms. The highest BCUT2D eigenvalue weighted by Crippen LogP contribution is 2.38. The predicted molar refractivity (Wildman–Crippen MR) is 89.0 cm³/mol. The second-order valence-corrected chi connectivity index (χ2v) is 6.78. The first-order chi connectivity index (χ1) is 10.9. The SMILES string of the molecule is Nc1c(-c2cc(F)ccc2F)ccnc1N1CCC(F)(P)CC1. The van der Waals surface area contributed by atoms with Crippen LogP contribution in [0.25, 0.3) is 11.1 Å². The highest BCUT2D eigenvalue weighted by atomic mass is 31.0. The highest BCUT2D eigenvalue weighted by Gasteiger charge is 2.31. The summed E-state index contributed by atoms with van der Waals surface area (Å²) in [5.74, 6) is -0.615. The molecule has 0 saturated carbocycles. The number of halogens is 3. The van der Waals surface area contributed by atoms with Crippen LogP contribution >= 0.6 is 9.24 Å². The Hall–Kier alpha value is -1.81. The zero-order valence-corrected chi connectivity index (χ0v) is 13.6. The normalized spacial score (nSPS) is 17.3. The summed E-state index contributed by atoms with van der Waals surface area (Å²) in [6, 6.07) is 4.78. The molecule has 1 aliphatic heterocycles. The minimum absolute atomic E-state index is 0.0917. The molecule has 1 aromatic carbocycles. The van der Waals surface area contributed by atoms with Crippen molar-refractivity contribution >= 4 is 20.7 Å². The van der Waals surface area contributed by atoms with Gasteiger partial charge in [0.05, 0.1) is 5.69 Å². The van der Waals surface area contributed by atoms with E-state index in [9.17, 15) is 13.2 Å². The monoisotopic (exact) mass is 339 g/mol. The maximum atomic E-state index is 14.0. The van der Waals surface area contributed by atoms with E-state index in [2.05, 4.69) is 14.2 Å². The zero-order chi connectivity index (χ0) is 16.6. The molecule has 2 aromatic rings. The van der Waals surface area contributed by atoms with Gasteiger partial charge in [-0.2, -0.15) is 0 Å². The van der Waals surface area contributed by atoms with Crippen molar-refractivity contribution in [2.45, 2.75) is 18.3 Å². The first-order valence-corrected chi connectivity index (χ1v) is 7.88. The Balaban J connectivity index is 1.98. The molecule has 1 aromatic heterocycles. The van der Waals surface area contributed by atoms with Gasteiger partial charge >= 0.3 is 0 Å². The Bertz CT molecular complexity index is 727. The van der Waals surface area contributed by atoms with Crippen LogP contribution in [0.4, 0.5) is 24.7 Å². The summed E-state index contributed by atoms with van der Waals surface area (Å²) in [7, 11) is 2.23. The topological polar surface area (TPSA) is 42.1 Å². The maximum Gasteiger partial charge on any atom is 0.152 e. The molecule has 2 heterocycles. The minimum Gasteiger partial charge on any atom is -0.395 e. The van der Waals surface area contributed by atoms with Crippen molar-refractivity contribution in [2.75, 3.05) is 23.7 Å². The summed E-state index contributed by atoms with van der Waals surface area (Å²) in [4.78, 5) is 6.12. The van der Waals surface area contributed by atoms with Crippen LogP contribution in [0.2, 0.25) is 0 Å². The molecule has 0 aliphatic carbocycles. The van der Waals surface area contributed by atoms with Crippen molar-refractivity contribution in [3.8, 4) is 11.1 Å². The number of hydrogen-bond acceptors (Lipinski definition) is 3. The molecule has 3 rings (SSSR count). The van der Waals surface area contributed by atoms with Gasteiger partial charge in [-0.3, -0.25) is 0 Å². The van der Waals surface area contributed by atoms with E-state index < -0.39 is 17.0 Å². The number of nitrogen functional groups attached to an aromatic ring is 1. The van der Waals surface area contributed by atoms with Crippen molar-refractivity contribution < 1.29 is 13.2 Å². The lowest BCUT2D eigenvalue weighted by molar-refractivity contribution is 0.235. The second-order valence-electron chi connectivity index (χ2n) is 5.74. The standard InChI is InChI=1S/C16H17F3N3P/c17-10-1-2-13(18)12(9-10)11-3-6-21-15(14(11)20)22-7-4-16(19,23)5-8-22/h1-3,6,9H,4-5,7-8,20,23H2. The summed E-state index contributed by atoms with van der Waals surface area (Å²) in [5, 5.41) is -1.27. The molecule has 122 valence electrons. The lowest BCUT2D eigenvalue weighted by Crippen LogP contribution is -2.39. The Morgan fingerprint density at radius 1 is 1.13 bits per heavy atom. The van der Waals surface area contributed by atoms with Gasteiger partial charge in [-0.15, -0.1) is 0 Å². The van der Waals surface area contributed by atoms with Crippen molar-refractivity contribution in [1.29, 1.82) is 0 Å². The molecule has 2 N–H and O–H groups in total. The number of benzene rings is 1. The van der Waals surface area contributed by atoms with Gasteiger partial charge < -0.3 is 10.6 Å². The maximum absolute atomic E-state index is 14.0. The third-order valence-electron chi connectivity index (χ3n) is 4.08. The molecule has 0 radical (unpaired) electrons. The van der Waals surface area contributed by atoms with E-state index in [0.29, 0.717) is 37.3 Å². The average molecular weight is 339 g/mol. The van der Waals surface area contributed by atoms with Crippen molar-refractivity contribution in [3.63, 3.8) is 0 Å². The Morgan fingerprint density at radius 2 is 1.83 bits per heavy atom. The zero-order valence-electron chi connectivity index (χ0n) is 12.4. The fourth-order valence-electron chi connectivity index (χ4n) is 2.74. The first-order valence-electron chi connectivity index (χ1n) is 7.30. The van der Waals surface area contributed by atoms with Gasteiger partial charge in [-0.25, -0.2) is 18.2 Å². The van der Waals surface area contributed by atoms with Crippen LogP contribution in [0.3, 0.4) is 0 Å². The Kier molecular flexibility index (Phi) is 4.19. The van der Waals surface area contributed by atoms with Crippen molar-refractivity contribution in [3.05, 3.63) is 42.1 Å². The fraction of sp³-hybridized carbons (Fsp3) is 0.312. The Labute approximate surface area is 134 Å². The summed E-state index contributed by atoms with van der Waals surface area (Å²) in [6.07, 6.45) is 2.19. The van der Waals surface area contributed by atoms with E-state index in [1.165, 1.54) is 6.20 Å². The summed E-state index contributed by atoms with van der Waals surface area (Å²) < 4.78 is 41.3. The van der Waals surface area contributed by atoms with Crippen molar-refractivity contribution in [1.82, 2.24) is 4.98 Å². The smallest absolute Gasteiger partial charge is 0.152 e. The molecule has 23 heavy (non-hydrogen) atoms. The fourth-order valence-corrected chi connectivity index (χ4v) is 3.00. The van der Waals surface area contributed by atoms with Crippen LogP contribution in [0.5, 0.6) is 0 Å². The van der Waals surface area contributed by atoms with E-state index in [4.69, 9.17) is 5.73 Å². The first kappa shape index (κ1) is 16.1. The summed E-state index contributed by atoms with van der Waals surface area (Å²) >= 11 is 0. The number of aromatic nitrogens is 1. The minimum atomic E-state index is -1.27. The van der Waals surface area contributed by atoms with Gasteiger partial charge in [0.2, 0.25) is 0 Å². The van der Waals surface area contributed by atoms with Gasteiger partial charge in [0.1, 0.15) is 17.0 Å². The quantitative estimate of drug-likeness (QED) is 0.848. The second kappa shape index (κ2) is 6.00. The van der Waals surface area contributed by atoms with Crippen LogP contribution < -0.4 is 10.6 Å². The number of nitrogens with two attached hydrogens (primary N) is 1. The van der Waals surface area contributed by atoms with Crippen LogP contribution in [-0.4, -0.2) is 23.5 Å². The van der Waals surface area contributed by atoms with Crippen LogP contribution in [0.15, 0.2) is 30.5 Å². The molecule has 1 unspecified atom stereocenters. The molecule has 1 saturated heterocycles. The van der Waals surface area contributed by atoms with Gasteiger partial charge in [0, 0.05) is 43.3 Å². The van der Waals surface area contributed by atoms with Gasteiger partial charge in [-0.1, -0.05) is 9.24 Å². The number of pyridine rings is 1. The number of hydrogen-bond donors (Lipinski definition) is 1. The number of alkyl halides is 1. The molecule has 0 amide bonds. The number of piperidine rings is 1. The molecular formula is C16H17F3N3P. The molecule has 1 aliphatic rings. The van der Waals surface area contributed by atoms with E-state index in [1.807, 2.05) is 4.90 Å². The third kappa shape index (κ3) is 3.27. The van der Waals surface area contributed by atoms with Crippen molar-refractivity contribution in [2.24, 2.45) is 0 Å². The molecule has 0 bridgehead atoms. The number of nitrogens with zero attached hydrogens (tertiary/aromatic N) is 2. The van der Waals surface area contributed by atoms with E-state index >= 15 is 0 Å². The van der Waals surface area contributed by atoms with Crippen LogP contribution in [0.1, 0.15) is 12.8 Å². The van der Waals surface area contributed by atoms with Crippen LogP contribution in [0, 0.1) is 11.6 Å². The highest BCUT2D eigenvalue weighted by molar-refractivity contribution is 7.18. The molecule has 0 spiro atoms. The summed E-state index contributed by atoms with van der Waals surface area (Å²) in [6.45, 7) is 0.929. The third-order valence-corrected chi connectivity index (χ3v) is 4.66. The Morgan fingerprint density at radius 3 is 2.52 bits per heavy atom. The van der Waals surface area contributed by atoms with Crippen LogP contribution in [-0.2, 0) is 0 Å². The lowest BCUT2D eigenvalue weighted by atomic mass is 10.0. The largest absolute Gasteiger partial charge is 0.395 e. The van der Waals surface area contributed by atoms with Gasteiger partial charge in [0.25, 0.3) is 0 Å². The molecular weight excluding hydrogens is 322 g/mol. The van der Waals surface area contributed by atoms with E-state index in [-0.39, 0.29) is 11.3 Å². The van der Waals surface area contributed by atoms with Gasteiger partial charge in [0.15, 0.2) is 5.82 Å². The number of anilines is 2. The number of rotatable bonds is 2. The predicted octanol–water partition coefficient (Wildman–Crippen LogP) is 3.75. The molecule has 1 fully saturated rings. The summed E-state index contributed by atoms with van der Waals surface area (Å²) in [5.41, 5.74) is 6.89. The van der Waals surface area contributed by atoms with E-state index in [0.717, 1.165) is 18.2 Å². The molecule has 1 atom stereocenters. The lowest BCUT2D eigenvalue weighted by Gasteiger charge is -2.35.